The summed E-state index contributed by atoms with van der Waals surface area (Å²) in [5, 5.41) is 0. The van der Waals surface area contributed by atoms with E-state index >= 15 is 0 Å². The first kappa shape index (κ1) is 14.8. The number of carbonyl (C=O) groups is 1. The van der Waals surface area contributed by atoms with Crippen LogP contribution in [0.1, 0.15) is 52.4 Å². The average Bonchev–Trinajstić information content (AvgIpc) is 2.40. The fourth-order valence-corrected chi connectivity index (χ4v) is 3.80. The standard InChI is InChI=1S/C16H30N2O/c1-12(2)14-5-3-13(4-6-14)11-18-9-7-15(8-10-18)16(17)19/h12-15H,3-11H2,1-2H3,(H2,17,19). The molecule has 0 spiro atoms. The molecule has 0 aromatic rings. The largest absolute Gasteiger partial charge is 0.369 e. The van der Waals surface area contributed by atoms with Gasteiger partial charge in [-0.1, -0.05) is 13.8 Å². The maximum atomic E-state index is 11.2. The molecule has 1 aliphatic carbocycles. The second-order valence-corrected chi connectivity index (χ2v) is 7.00. The third-order valence-corrected chi connectivity index (χ3v) is 5.34. The first-order valence-corrected chi connectivity index (χ1v) is 8.08. The summed E-state index contributed by atoms with van der Waals surface area (Å²) in [6, 6.07) is 0. The van der Waals surface area contributed by atoms with Crippen LogP contribution in [0.3, 0.4) is 0 Å². The zero-order valence-electron chi connectivity index (χ0n) is 12.6. The van der Waals surface area contributed by atoms with Gasteiger partial charge in [-0.25, -0.2) is 0 Å². The van der Waals surface area contributed by atoms with Crippen LogP contribution in [-0.4, -0.2) is 30.4 Å². The highest BCUT2D eigenvalue weighted by Crippen LogP contribution is 2.34. The molecule has 2 N–H and O–H groups in total. The number of amides is 1. The first-order valence-electron chi connectivity index (χ1n) is 8.08. The molecule has 0 unspecified atom stereocenters. The summed E-state index contributed by atoms with van der Waals surface area (Å²) < 4.78 is 0. The topological polar surface area (TPSA) is 46.3 Å². The molecule has 1 saturated carbocycles. The van der Waals surface area contributed by atoms with Gasteiger partial charge in [0.25, 0.3) is 0 Å². The number of hydrogen-bond acceptors (Lipinski definition) is 2. The van der Waals surface area contributed by atoms with Crippen LogP contribution in [0.15, 0.2) is 0 Å². The minimum absolute atomic E-state index is 0.0999. The molecular weight excluding hydrogens is 236 g/mol. The highest BCUT2D eigenvalue weighted by molar-refractivity contribution is 5.76. The van der Waals surface area contributed by atoms with Crippen LogP contribution < -0.4 is 5.73 Å². The molecular formula is C16H30N2O. The lowest BCUT2D eigenvalue weighted by Gasteiger charge is -2.36. The number of hydrogen-bond donors (Lipinski definition) is 1. The minimum Gasteiger partial charge on any atom is -0.369 e. The summed E-state index contributed by atoms with van der Waals surface area (Å²) in [7, 11) is 0. The van der Waals surface area contributed by atoms with E-state index in [-0.39, 0.29) is 11.8 Å². The van der Waals surface area contributed by atoms with Crippen LogP contribution >= 0.6 is 0 Å². The summed E-state index contributed by atoms with van der Waals surface area (Å²) in [6.45, 7) is 8.10. The molecule has 1 amide bonds. The molecule has 0 atom stereocenters. The van der Waals surface area contributed by atoms with Gasteiger partial charge in [0, 0.05) is 12.5 Å². The molecule has 3 heteroatoms. The molecule has 19 heavy (non-hydrogen) atoms. The molecule has 110 valence electrons. The molecule has 2 aliphatic rings. The molecule has 1 aliphatic heterocycles. The average molecular weight is 266 g/mol. The summed E-state index contributed by atoms with van der Waals surface area (Å²) in [5.41, 5.74) is 5.38. The Morgan fingerprint density at radius 2 is 1.68 bits per heavy atom. The van der Waals surface area contributed by atoms with Crippen molar-refractivity contribution < 1.29 is 4.79 Å². The Morgan fingerprint density at radius 3 is 2.16 bits per heavy atom. The minimum atomic E-state index is -0.0999. The van der Waals surface area contributed by atoms with E-state index in [1.807, 2.05) is 0 Å². The van der Waals surface area contributed by atoms with Gasteiger partial charge in [-0.05, 0) is 69.4 Å². The molecule has 0 aromatic carbocycles. The summed E-state index contributed by atoms with van der Waals surface area (Å²) in [4.78, 5) is 13.7. The van der Waals surface area contributed by atoms with Crippen molar-refractivity contribution in [1.29, 1.82) is 0 Å². The predicted octanol–water partition coefficient (Wildman–Crippen LogP) is 2.65. The van der Waals surface area contributed by atoms with Crippen LogP contribution in [0.4, 0.5) is 0 Å². The van der Waals surface area contributed by atoms with Gasteiger partial charge in [-0.2, -0.15) is 0 Å². The number of rotatable bonds is 4. The number of nitrogens with zero attached hydrogens (tertiary/aromatic N) is 1. The zero-order chi connectivity index (χ0) is 13.8. The number of piperidine rings is 1. The first-order chi connectivity index (χ1) is 9.06. The maximum Gasteiger partial charge on any atom is 0.220 e. The van der Waals surface area contributed by atoms with Crippen molar-refractivity contribution >= 4 is 5.91 Å². The Bertz CT molecular complexity index is 287. The van der Waals surface area contributed by atoms with E-state index in [9.17, 15) is 4.79 Å². The van der Waals surface area contributed by atoms with E-state index in [0.29, 0.717) is 0 Å². The predicted molar refractivity (Wildman–Crippen MR) is 78.6 cm³/mol. The van der Waals surface area contributed by atoms with Gasteiger partial charge in [0.15, 0.2) is 0 Å². The fourth-order valence-electron chi connectivity index (χ4n) is 3.80. The van der Waals surface area contributed by atoms with Crippen molar-refractivity contribution in [2.75, 3.05) is 19.6 Å². The molecule has 1 saturated heterocycles. The monoisotopic (exact) mass is 266 g/mol. The van der Waals surface area contributed by atoms with E-state index in [4.69, 9.17) is 5.73 Å². The summed E-state index contributed by atoms with van der Waals surface area (Å²) in [5.74, 6) is 2.73. The van der Waals surface area contributed by atoms with Crippen LogP contribution in [0.2, 0.25) is 0 Å². The normalized spacial score (nSPS) is 30.7. The lowest BCUT2D eigenvalue weighted by atomic mass is 9.76. The van der Waals surface area contributed by atoms with Gasteiger partial charge in [-0.3, -0.25) is 4.79 Å². The van der Waals surface area contributed by atoms with E-state index in [1.54, 1.807) is 0 Å². The third kappa shape index (κ3) is 4.20. The van der Waals surface area contributed by atoms with E-state index in [1.165, 1.54) is 32.2 Å². The van der Waals surface area contributed by atoms with E-state index < -0.39 is 0 Å². The Morgan fingerprint density at radius 1 is 1.11 bits per heavy atom. The number of carbonyl (C=O) groups excluding carboxylic acids is 1. The smallest absolute Gasteiger partial charge is 0.220 e. The fraction of sp³-hybridized carbons (Fsp3) is 0.938. The Labute approximate surface area is 117 Å². The SMILES string of the molecule is CC(C)C1CCC(CN2CCC(C(N)=O)CC2)CC1. The van der Waals surface area contributed by atoms with Crippen LogP contribution in [0.25, 0.3) is 0 Å². The van der Waals surface area contributed by atoms with Crippen LogP contribution in [0, 0.1) is 23.7 Å². The second kappa shape index (κ2) is 6.74. The lowest BCUT2D eigenvalue weighted by Crippen LogP contribution is -2.41. The van der Waals surface area contributed by atoms with Crippen molar-refractivity contribution in [1.82, 2.24) is 4.90 Å². The Hall–Kier alpha value is -0.570. The van der Waals surface area contributed by atoms with E-state index in [2.05, 4.69) is 18.7 Å². The molecule has 3 nitrogen and oxygen atoms in total. The zero-order valence-corrected chi connectivity index (χ0v) is 12.6. The van der Waals surface area contributed by atoms with Gasteiger partial charge in [0.2, 0.25) is 5.91 Å². The second-order valence-electron chi connectivity index (χ2n) is 7.00. The number of nitrogens with two attached hydrogens (primary N) is 1. The molecule has 0 bridgehead atoms. The van der Waals surface area contributed by atoms with Crippen molar-refractivity contribution in [3.8, 4) is 0 Å². The van der Waals surface area contributed by atoms with Crippen molar-refractivity contribution in [3.05, 3.63) is 0 Å². The third-order valence-electron chi connectivity index (χ3n) is 5.34. The summed E-state index contributed by atoms with van der Waals surface area (Å²) >= 11 is 0. The lowest BCUT2D eigenvalue weighted by molar-refractivity contribution is -0.123. The van der Waals surface area contributed by atoms with Crippen LogP contribution in [-0.2, 0) is 4.79 Å². The van der Waals surface area contributed by atoms with Gasteiger partial charge < -0.3 is 10.6 Å². The molecule has 2 fully saturated rings. The number of likely N-dealkylation sites (tertiary alicyclic amines) is 1. The molecule has 0 radical (unpaired) electrons. The van der Waals surface area contributed by atoms with Gasteiger partial charge in [0.1, 0.15) is 0 Å². The maximum absolute atomic E-state index is 11.2. The van der Waals surface area contributed by atoms with E-state index in [0.717, 1.165) is 43.7 Å². The summed E-state index contributed by atoms with van der Waals surface area (Å²) in [6.07, 6.45) is 7.57. The number of primary amides is 1. The van der Waals surface area contributed by atoms with Crippen molar-refractivity contribution in [3.63, 3.8) is 0 Å². The quantitative estimate of drug-likeness (QED) is 0.850. The van der Waals surface area contributed by atoms with Gasteiger partial charge >= 0.3 is 0 Å². The molecule has 0 aromatic heterocycles. The highest BCUT2D eigenvalue weighted by atomic mass is 16.1. The Balaban J connectivity index is 1.68. The Kier molecular flexibility index (Phi) is 5.26. The van der Waals surface area contributed by atoms with Gasteiger partial charge in [-0.15, -0.1) is 0 Å². The van der Waals surface area contributed by atoms with Crippen molar-refractivity contribution in [2.45, 2.75) is 52.4 Å². The van der Waals surface area contributed by atoms with Crippen molar-refractivity contribution in [2.24, 2.45) is 29.4 Å². The molecule has 2 rings (SSSR count). The van der Waals surface area contributed by atoms with Crippen LogP contribution in [0.5, 0.6) is 0 Å². The van der Waals surface area contributed by atoms with Gasteiger partial charge in [0.05, 0.1) is 0 Å². The molecule has 1 heterocycles. The highest BCUT2D eigenvalue weighted by Gasteiger charge is 2.27.